The number of nitrogens with zero attached hydrogens (tertiary/aromatic N) is 1. The number of benzene rings is 1. The largest absolute Gasteiger partial charge is 0.496 e. The van der Waals surface area contributed by atoms with Crippen LogP contribution in [0.5, 0.6) is 5.75 Å². The average Bonchev–Trinajstić information content (AvgIpc) is 3.23. The standard InChI is InChI=1S/C15H21ClN2O/c1-19-14-9-11(10-18-6-4-17-5-7-18)8-13(16)15(14)12-2-3-12/h8-9,12,17H,2-7,10H2,1H3. The van der Waals surface area contributed by atoms with Crippen molar-refractivity contribution in [3.8, 4) is 5.75 Å². The van der Waals surface area contributed by atoms with E-state index in [0.29, 0.717) is 5.92 Å². The number of hydrogen-bond acceptors (Lipinski definition) is 3. The van der Waals surface area contributed by atoms with E-state index in [0.717, 1.165) is 43.5 Å². The summed E-state index contributed by atoms with van der Waals surface area (Å²) in [5.74, 6) is 1.59. The van der Waals surface area contributed by atoms with Gasteiger partial charge in [0.05, 0.1) is 7.11 Å². The van der Waals surface area contributed by atoms with Gasteiger partial charge in [0.25, 0.3) is 0 Å². The van der Waals surface area contributed by atoms with Crippen molar-refractivity contribution in [2.45, 2.75) is 25.3 Å². The van der Waals surface area contributed by atoms with Gasteiger partial charge in [-0.15, -0.1) is 0 Å². The molecule has 1 N–H and O–H groups in total. The van der Waals surface area contributed by atoms with Gasteiger partial charge in [0, 0.05) is 43.3 Å². The minimum absolute atomic E-state index is 0.621. The number of piperazine rings is 1. The molecule has 2 fully saturated rings. The van der Waals surface area contributed by atoms with E-state index in [-0.39, 0.29) is 0 Å². The van der Waals surface area contributed by atoms with Crippen molar-refractivity contribution < 1.29 is 4.74 Å². The number of rotatable bonds is 4. The molecule has 104 valence electrons. The fourth-order valence-electron chi connectivity index (χ4n) is 2.80. The number of halogens is 1. The highest BCUT2D eigenvalue weighted by atomic mass is 35.5. The van der Waals surface area contributed by atoms with Crippen LogP contribution in [0.4, 0.5) is 0 Å². The van der Waals surface area contributed by atoms with Crippen LogP contribution in [0.3, 0.4) is 0 Å². The molecule has 2 aliphatic rings. The molecule has 0 atom stereocenters. The molecular formula is C15H21ClN2O. The van der Waals surface area contributed by atoms with Gasteiger partial charge in [0.1, 0.15) is 5.75 Å². The smallest absolute Gasteiger partial charge is 0.124 e. The van der Waals surface area contributed by atoms with Gasteiger partial charge in [-0.25, -0.2) is 0 Å². The predicted octanol–water partition coefficient (Wildman–Crippen LogP) is 2.63. The predicted molar refractivity (Wildman–Crippen MR) is 78.1 cm³/mol. The Bertz CT molecular complexity index is 454. The second kappa shape index (κ2) is 5.70. The zero-order valence-electron chi connectivity index (χ0n) is 11.4. The Kier molecular flexibility index (Phi) is 3.96. The first kappa shape index (κ1) is 13.2. The Morgan fingerprint density at radius 3 is 2.68 bits per heavy atom. The van der Waals surface area contributed by atoms with Gasteiger partial charge in [0.15, 0.2) is 0 Å². The molecule has 1 aromatic carbocycles. The number of nitrogens with one attached hydrogen (secondary N) is 1. The summed E-state index contributed by atoms with van der Waals surface area (Å²) < 4.78 is 5.54. The summed E-state index contributed by atoms with van der Waals surface area (Å²) in [6.45, 7) is 5.31. The zero-order chi connectivity index (χ0) is 13.2. The zero-order valence-corrected chi connectivity index (χ0v) is 12.2. The van der Waals surface area contributed by atoms with Crippen molar-refractivity contribution in [1.82, 2.24) is 10.2 Å². The number of ether oxygens (including phenoxy) is 1. The van der Waals surface area contributed by atoms with Crippen LogP contribution in [0.25, 0.3) is 0 Å². The van der Waals surface area contributed by atoms with Gasteiger partial charge in [0.2, 0.25) is 0 Å². The van der Waals surface area contributed by atoms with E-state index in [1.165, 1.54) is 24.0 Å². The third-order valence-electron chi connectivity index (χ3n) is 3.97. The molecule has 3 nitrogen and oxygen atoms in total. The van der Waals surface area contributed by atoms with Crippen molar-refractivity contribution in [2.24, 2.45) is 0 Å². The molecule has 0 spiro atoms. The number of methoxy groups -OCH3 is 1. The van der Waals surface area contributed by atoms with Gasteiger partial charge < -0.3 is 10.1 Å². The molecular weight excluding hydrogens is 260 g/mol. The Morgan fingerprint density at radius 1 is 1.32 bits per heavy atom. The SMILES string of the molecule is COc1cc(CN2CCNCC2)cc(Cl)c1C1CC1. The van der Waals surface area contributed by atoms with E-state index in [2.05, 4.69) is 22.3 Å². The second-order valence-corrected chi connectivity index (χ2v) is 5.90. The summed E-state index contributed by atoms with van der Waals surface area (Å²) in [7, 11) is 1.74. The topological polar surface area (TPSA) is 24.5 Å². The minimum Gasteiger partial charge on any atom is -0.496 e. The van der Waals surface area contributed by atoms with Gasteiger partial charge in [-0.2, -0.15) is 0 Å². The third-order valence-corrected chi connectivity index (χ3v) is 4.29. The lowest BCUT2D eigenvalue weighted by molar-refractivity contribution is 0.233. The first-order valence-corrected chi connectivity index (χ1v) is 7.45. The molecule has 1 saturated heterocycles. The summed E-state index contributed by atoms with van der Waals surface area (Å²) in [6.07, 6.45) is 2.49. The second-order valence-electron chi connectivity index (χ2n) is 5.49. The highest BCUT2D eigenvalue weighted by Gasteiger charge is 2.29. The van der Waals surface area contributed by atoms with E-state index in [1.54, 1.807) is 7.11 Å². The molecule has 1 aliphatic carbocycles. The van der Waals surface area contributed by atoms with E-state index in [4.69, 9.17) is 16.3 Å². The molecule has 0 unspecified atom stereocenters. The Balaban J connectivity index is 1.79. The molecule has 1 aliphatic heterocycles. The molecule has 19 heavy (non-hydrogen) atoms. The van der Waals surface area contributed by atoms with E-state index in [1.807, 2.05) is 0 Å². The molecule has 1 saturated carbocycles. The van der Waals surface area contributed by atoms with Gasteiger partial charge >= 0.3 is 0 Å². The van der Waals surface area contributed by atoms with Crippen LogP contribution >= 0.6 is 11.6 Å². The quantitative estimate of drug-likeness (QED) is 0.918. The Labute approximate surface area is 119 Å². The van der Waals surface area contributed by atoms with Crippen LogP contribution in [0.1, 0.15) is 29.9 Å². The van der Waals surface area contributed by atoms with Crippen LogP contribution in [-0.2, 0) is 6.54 Å². The van der Waals surface area contributed by atoms with Gasteiger partial charge in [-0.05, 0) is 36.5 Å². The summed E-state index contributed by atoms with van der Waals surface area (Å²) in [6, 6.07) is 4.29. The van der Waals surface area contributed by atoms with Crippen LogP contribution in [0.2, 0.25) is 5.02 Å². The van der Waals surface area contributed by atoms with Crippen molar-refractivity contribution in [3.05, 3.63) is 28.3 Å². The molecule has 4 heteroatoms. The van der Waals surface area contributed by atoms with Crippen molar-refractivity contribution in [2.75, 3.05) is 33.3 Å². The van der Waals surface area contributed by atoms with Gasteiger partial charge in [-0.3, -0.25) is 4.90 Å². The fourth-order valence-corrected chi connectivity index (χ4v) is 3.19. The average molecular weight is 281 g/mol. The lowest BCUT2D eigenvalue weighted by Crippen LogP contribution is -2.42. The monoisotopic (exact) mass is 280 g/mol. The summed E-state index contributed by atoms with van der Waals surface area (Å²) in [4.78, 5) is 2.46. The first-order chi connectivity index (χ1) is 9.28. The van der Waals surface area contributed by atoms with Gasteiger partial charge in [-0.1, -0.05) is 11.6 Å². The molecule has 0 aromatic heterocycles. The van der Waals surface area contributed by atoms with E-state index in [9.17, 15) is 0 Å². The summed E-state index contributed by atoms with van der Waals surface area (Å²) >= 11 is 6.46. The Morgan fingerprint density at radius 2 is 2.05 bits per heavy atom. The van der Waals surface area contributed by atoms with E-state index < -0.39 is 0 Å². The fraction of sp³-hybridized carbons (Fsp3) is 0.600. The van der Waals surface area contributed by atoms with Crippen LogP contribution in [0.15, 0.2) is 12.1 Å². The van der Waals surface area contributed by atoms with E-state index >= 15 is 0 Å². The number of hydrogen-bond donors (Lipinski definition) is 1. The molecule has 0 amide bonds. The van der Waals surface area contributed by atoms with Crippen molar-refractivity contribution in [1.29, 1.82) is 0 Å². The lowest BCUT2D eigenvalue weighted by atomic mass is 10.1. The van der Waals surface area contributed by atoms with Crippen molar-refractivity contribution in [3.63, 3.8) is 0 Å². The first-order valence-electron chi connectivity index (χ1n) is 7.07. The normalized spacial score (nSPS) is 20.5. The maximum atomic E-state index is 6.46. The molecule has 1 heterocycles. The molecule has 1 aromatic rings. The van der Waals surface area contributed by atoms with Crippen LogP contribution < -0.4 is 10.1 Å². The molecule has 0 bridgehead atoms. The minimum atomic E-state index is 0.621. The highest BCUT2D eigenvalue weighted by Crippen LogP contribution is 2.48. The summed E-state index contributed by atoms with van der Waals surface area (Å²) in [5.41, 5.74) is 2.47. The summed E-state index contributed by atoms with van der Waals surface area (Å²) in [5, 5.41) is 4.26. The molecule has 3 rings (SSSR count). The Hall–Kier alpha value is -0.770. The van der Waals surface area contributed by atoms with Crippen LogP contribution in [0, 0.1) is 0 Å². The maximum Gasteiger partial charge on any atom is 0.124 e. The van der Waals surface area contributed by atoms with Crippen LogP contribution in [-0.4, -0.2) is 38.2 Å². The van der Waals surface area contributed by atoms with Crippen molar-refractivity contribution >= 4 is 11.6 Å². The molecule has 0 radical (unpaired) electrons. The maximum absolute atomic E-state index is 6.46. The lowest BCUT2D eigenvalue weighted by Gasteiger charge is -2.27. The third kappa shape index (κ3) is 3.04. The highest BCUT2D eigenvalue weighted by molar-refractivity contribution is 6.31.